The molecule has 0 aliphatic heterocycles. The van der Waals surface area contributed by atoms with E-state index in [2.05, 4.69) is 31.4 Å². The summed E-state index contributed by atoms with van der Waals surface area (Å²) in [5.41, 5.74) is 0.498. The summed E-state index contributed by atoms with van der Waals surface area (Å²) in [7, 11) is 0. The third-order valence-corrected chi connectivity index (χ3v) is 2.99. The summed E-state index contributed by atoms with van der Waals surface area (Å²) in [6.07, 6.45) is 2.10. The molecule has 2 N–H and O–H groups in total. The highest BCUT2D eigenvalue weighted by Crippen LogP contribution is 2.18. The Bertz CT molecular complexity index is 475. The highest BCUT2D eigenvalue weighted by molar-refractivity contribution is 7.80. The number of carbonyl (C=O) groups is 1. The molecular formula is C16H24N2O2S. The summed E-state index contributed by atoms with van der Waals surface area (Å²) in [6.45, 7) is 7.57. The van der Waals surface area contributed by atoms with E-state index in [-0.39, 0.29) is 5.91 Å². The van der Waals surface area contributed by atoms with Crippen LogP contribution >= 0.6 is 12.2 Å². The first-order chi connectivity index (χ1) is 10.0. The number of rotatable bonds is 7. The fourth-order valence-electron chi connectivity index (χ4n) is 1.63. The molecule has 0 saturated carbocycles. The molecule has 4 nitrogen and oxygen atoms in total. The van der Waals surface area contributed by atoms with Crippen molar-refractivity contribution in [1.82, 2.24) is 10.6 Å². The second-order valence-corrected chi connectivity index (χ2v) is 5.67. The van der Waals surface area contributed by atoms with Crippen molar-refractivity contribution in [1.29, 1.82) is 0 Å². The predicted molar refractivity (Wildman–Crippen MR) is 89.7 cm³/mol. The molecule has 1 aromatic carbocycles. The van der Waals surface area contributed by atoms with Gasteiger partial charge >= 0.3 is 0 Å². The number of unbranched alkanes of at least 4 members (excludes halogenated alkanes) is 1. The van der Waals surface area contributed by atoms with Crippen molar-refractivity contribution in [2.45, 2.75) is 33.6 Å². The van der Waals surface area contributed by atoms with E-state index < -0.39 is 0 Å². The number of amides is 1. The molecule has 116 valence electrons. The Labute approximate surface area is 132 Å². The first-order valence-corrected chi connectivity index (χ1v) is 7.76. The van der Waals surface area contributed by atoms with Crippen LogP contribution in [-0.4, -0.2) is 24.2 Å². The largest absolute Gasteiger partial charge is 0.492 e. The Morgan fingerprint density at radius 1 is 1.33 bits per heavy atom. The first kappa shape index (κ1) is 17.4. The predicted octanol–water partition coefficient (Wildman–Crippen LogP) is 3.13. The standard InChI is InChI=1S/C16H24N2O2S/c1-4-5-10-17-16(21)18-15(19)13-8-6-7-9-14(13)20-11-12(2)3/h6-9,12H,4-5,10-11H2,1-3H3,(H2,17,18,19,21). The van der Waals surface area contributed by atoms with Crippen molar-refractivity contribution >= 4 is 23.2 Å². The van der Waals surface area contributed by atoms with Crippen molar-refractivity contribution in [3.8, 4) is 5.75 Å². The van der Waals surface area contributed by atoms with Gasteiger partial charge in [0.1, 0.15) is 5.75 Å². The molecule has 1 amide bonds. The Kier molecular flexibility index (Phi) is 7.75. The van der Waals surface area contributed by atoms with Gasteiger partial charge in [-0.15, -0.1) is 0 Å². The molecule has 0 aromatic heterocycles. The Morgan fingerprint density at radius 3 is 2.71 bits per heavy atom. The minimum absolute atomic E-state index is 0.247. The highest BCUT2D eigenvalue weighted by Gasteiger charge is 2.13. The third kappa shape index (κ3) is 6.58. The maximum absolute atomic E-state index is 12.2. The lowest BCUT2D eigenvalue weighted by molar-refractivity contribution is 0.0972. The minimum Gasteiger partial charge on any atom is -0.492 e. The van der Waals surface area contributed by atoms with Gasteiger partial charge in [-0.25, -0.2) is 0 Å². The van der Waals surface area contributed by atoms with Gasteiger partial charge in [0, 0.05) is 6.54 Å². The van der Waals surface area contributed by atoms with Crippen molar-refractivity contribution in [3.63, 3.8) is 0 Å². The van der Waals surface area contributed by atoms with Crippen LogP contribution in [-0.2, 0) is 0 Å². The number of nitrogens with one attached hydrogen (secondary N) is 2. The lowest BCUT2D eigenvalue weighted by Crippen LogP contribution is -2.39. The number of hydrogen-bond donors (Lipinski definition) is 2. The fourth-order valence-corrected chi connectivity index (χ4v) is 1.82. The number of hydrogen-bond acceptors (Lipinski definition) is 3. The molecule has 1 rings (SSSR count). The van der Waals surface area contributed by atoms with Gasteiger partial charge in [0.15, 0.2) is 5.11 Å². The van der Waals surface area contributed by atoms with E-state index in [1.807, 2.05) is 12.1 Å². The number of para-hydroxylation sites is 1. The SMILES string of the molecule is CCCCNC(=S)NC(=O)c1ccccc1OCC(C)C. The Balaban J connectivity index is 2.62. The lowest BCUT2D eigenvalue weighted by Gasteiger charge is -2.14. The summed E-state index contributed by atoms with van der Waals surface area (Å²) in [6, 6.07) is 7.19. The summed E-state index contributed by atoms with van der Waals surface area (Å²) >= 11 is 5.11. The summed E-state index contributed by atoms with van der Waals surface area (Å²) in [4.78, 5) is 12.2. The maximum Gasteiger partial charge on any atom is 0.261 e. The van der Waals surface area contributed by atoms with E-state index >= 15 is 0 Å². The molecule has 0 bridgehead atoms. The highest BCUT2D eigenvalue weighted by atomic mass is 32.1. The van der Waals surface area contributed by atoms with Gasteiger partial charge < -0.3 is 10.1 Å². The van der Waals surface area contributed by atoms with Gasteiger partial charge in [-0.05, 0) is 36.7 Å². The Morgan fingerprint density at radius 2 is 2.05 bits per heavy atom. The van der Waals surface area contributed by atoms with Crippen LogP contribution in [0.3, 0.4) is 0 Å². The molecule has 0 radical (unpaired) electrons. The van der Waals surface area contributed by atoms with Crippen LogP contribution in [0.25, 0.3) is 0 Å². The zero-order chi connectivity index (χ0) is 15.7. The molecule has 0 spiro atoms. The fraction of sp³-hybridized carbons (Fsp3) is 0.500. The number of carbonyl (C=O) groups excluding carboxylic acids is 1. The quantitative estimate of drug-likeness (QED) is 0.600. The second-order valence-electron chi connectivity index (χ2n) is 5.26. The topological polar surface area (TPSA) is 50.4 Å². The molecule has 0 heterocycles. The molecule has 21 heavy (non-hydrogen) atoms. The molecule has 0 saturated heterocycles. The van der Waals surface area contributed by atoms with Crippen molar-refractivity contribution < 1.29 is 9.53 Å². The van der Waals surface area contributed by atoms with Gasteiger partial charge in [-0.2, -0.15) is 0 Å². The average molecular weight is 308 g/mol. The van der Waals surface area contributed by atoms with Crippen LogP contribution in [0.1, 0.15) is 44.0 Å². The monoisotopic (exact) mass is 308 g/mol. The van der Waals surface area contributed by atoms with Crippen LogP contribution in [0.4, 0.5) is 0 Å². The van der Waals surface area contributed by atoms with E-state index in [1.54, 1.807) is 12.1 Å². The minimum atomic E-state index is -0.247. The molecule has 0 unspecified atom stereocenters. The smallest absolute Gasteiger partial charge is 0.261 e. The van der Waals surface area contributed by atoms with Crippen molar-refractivity contribution in [2.24, 2.45) is 5.92 Å². The van der Waals surface area contributed by atoms with Crippen LogP contribution in [0, 0.1) is 5.92 Å². The average Bonchev–Trinajstić information content (AvgIpc) is 2.45. The molecular weight excluding hydrogens is 284 g/mol. The second kappa shape index (κ2) is 9.34. The summed E-state index contributed by atoms with van der Waals surface area (Å²) in [5.74, 6) is 0.737. The van der Waals surface area contributed by atoms with Crippen LogP contribution < -0.4 is 15.4 Å². The van der Waals surface area contributed by atoms with Crippen LogP contribution in [0.2, 0.25) is 0 Å². The summed E-state index contributed by atoms with van der Waals surface area (Å²) in [5, 5.41) is 6.05. The van der Waals surface area contributed by atoms with E-state index in [4.69, 9.17) is 17.0 Å². The van der Waals surface area contributed by atoms with Crippen LogP contribution in [0.5, 0.6) is 5.75 Å². The number of thiocarbonyl (C=S) groups is 1. The van der Waals surface area contributed by atoms with Crippen molar-refractivity contribution in [2.75, 3.05) is 13.2 Å². The molecule has 0 aliphatic rings. The third-order valence-electron chi connectivity index (χ3n) is 2.75. The molecule has 0 aliphatic carbocycles. The zero-order valence-corrected chi connectivity index (χ0v) is 13.8. The number of benzene rings is 1. The molecule has 0 fully saturated rings. The normalized spacial score (nSPS) is 10.3. The Hall–Kier alpha value is -1.62. The van der Waals surface area contributed by atoms with Gasteiger partial charge in [-0.1, -0.05) is 39.3 Å². The van der Waals surface area contributed by atoms with Gasteiger partial charge in [0.2, 0.25) is 0 Å². The van der Waals surface area contributed by atoms with Crippen LogP contribution in [0.15, 0.2) is 24.3 Å². The van der Waals surface area contributed by atoms with Crippen molar-refractivity contribution in [3.05, 3.63) is 29.8 Å². The lowest BCUT2D eigenvalue weighted by atomic mass is 10.2. The van der Waals surface area contributed by atoms with Gasteiger partial charge in [-0.3, -0.25) is 10.1 Å². The van der Waals surface area contributed by atoms with E-state index in [0.29, 0.717) is 29.0 Å². The molecule has 0 atom stereocenters. The van der Waals surface area contributed by atoms with E-state index in [9.17, 15) is 4.79 Å². The van der Waals surface area contributed by atoms with E-state index in [0.717, 1.165) is 19.4 Å². The molecule has 1 aromatic rings. The molecule has 5 heteroatoms. The maximum atomic E-state index is 12.2. The summed E-state index contributed by atoms with van der Waals surface area (Å²) < 4.78 is 5.68. The zero-order valence-electron chi connectivity index (χ0n) is 12.9. The van der Waals surface area contributed by atoms with Gasteiger partial charge in [0.25, 0.3) is 5.91 Å². The van der Waals surface area contributed by atoms with Gasteiger partial charge in [0.05, 0.1) is 12.2 Å². The number of ether oxygens (including phenoxy) is 1. The first-order valence-electron chi connectivity index (χ1n) is 7.35. The van der Waals surface area contributed by atoms with E-state index in [1.165, 1.54) is 0 Å².